The van der Waals surface area contributed by atoms with Crippen molar-refractivity contribution < 1.29 is 19.1 Å². The van der Waals surface area contributed by atoms with Crippen molar-refractivity contribution in [2.45, 2.75) is 6.92 Å². The summed E-state index contributed by atoms with van der Waals surface area (Å²) >= 11 is 0. The molecule has 5 heteroatoms. The lowest BCUT2D eigenvalue weighted by Gasteiger charge is -2.11. The molecule has 0 unspecified atom stereocenters. The van der Waals surface area contributed by atoms with Crippen molar-refractivity contribution >= 4 is 16.9 Å². The van der Waals surface area contributed by atoms with E-state index in [0.29, 0.717) is 10.9 Å². The zero-order chi connectivity index (χ0) is 12.6. The summed E-state index contributed by atoms with van der Waals surface area (Å²) < 4.78 is 9.88. The molecule has 0 aliphatic heterocycles. The molecule has 0 radical (unpaired) electrons. The number of carbonyl (C=O) groups excluding carboxylic acids is 1. The Hall–Kier alpha value is -2.30. The normalized spacial score (nSPS) is 10.5. The number of carbonyl (C=O) groups is 1. The Morgan fingerprint density at radius 1 is 1.35 bits per heavy atom. The fraction of sp³-hybridized carbons (Fsp3) is 0.167. The topological polar surface area (TPSA) is 79.6 Å². The fourth-order valence-electron chi connectivity index (χ4n) is 1.67. The van der Waals surface area contributed by atoms with Crippen LogP contribution >= 0.6 is 0 Å². The van der Waals surface area contributed by atoms with Gasteiger partial charge in [0.2, 0.25) is 0 Å². The summed E-state index contributed by atoms with van der Waals surface area (Å²) in [6, 6.07) is 4.05. The Morgan fingerprint density at radius 3 is 2.65 bits per heavy atom. The number of benzene rings is 1. The molecule has 0 aliphatic carbocycles. The minimum absolute atomic E-state index is 0.0723. The third-order valence-electron chi connectivity index (χ3n) is 2.49. The maximum Gasteiger partial charge on any atom is 0.336 e. The predicted octanol–water partition coefficient (Wildman–Crippen LogP) is 0.474. The van der Waals surface area contributed by atoms with Gasteiger partial charge in [0.15, 0.2) is 0 Å². The molecule has 0 aliphatic rings. The molecule has 0 amide bonds. The number of aryl methyl sites for hydroxylation is 1. The number of hydrogen-bond donors (Lipinski definition) is 0. The number of methoxy groups -OCH3 is 1. The molecule has 88 valence electrons. The van der Waals surface area contributed by atoms with Crippen molar-refractivity contribution in [3.05, 3.63) is 39.7 Å². The van der Waals surface area contributed by atoms with E-state index in [2.05, 4.69) is 0 Å². The summed E-state index contributed by atoms with van der Waals surface area (Å²) in [6.45, 7) is 1.70. The third-order valence-corrected chi connectivity index (χ3v) is 2.49. The quantitative estimate of drug-likeness (QED) is 0.704. The number of ether oxygens (including phenoxy) is 1. The molecule has 2 rings (SSSR count). The van der Waals surface area contributed by atoms with E-state index in [1.54, 1.807) is 6.92 Å². The minimum Gasteiger partial charge on any atom is -0.545 e. The van der Waals surface area contributed by atoms with Crippen LogP contribution in [0.4, 0.5) is 0 Å². The van der Waals surface area contributed by atoms with Gasteiger partial charge < -0.3 is 19.1 Å². The van der Waals surface area contributed by atoms with Crippen molar-refractivity contribution in [3.8, 4) is 5.75 Å². The number of hydrogen-bond acceptors (Lipinski definition) is 5. The smallest absolute Gasteiger partial charge is 0.336 e. The van der Waals surface area contributed by atoms with Gasteiger partial charge in [-0.3, -0.25) is 0 Å². The van der Waals surface area contributed by atoms with E-state index in [0.717, 1.165) is 0 Å². The van der Waals surface area contributed by atoms with Gasteiger partial charge in [0, 0.05) is 23.1 Å². The van der Waals surface area contributed by atoms with Crippen molar-refractivity contribution in [2.24, 2.45) is 0 Å². The average Bonchev–Trinajstić information content (AvgIpc) is 2.26. The maximum absolute atomic E-state index is 11.2. The first-order chi connectivity index (χ1) is 8.02. The van der Waals surface area contributed by atoms with E-state index in [9.17, 15) is 14.7 Å². The summed E-state index contributed by atoms with van der Waals surface area (Å²) in [5.74, 6) is -1.24. The van der Waals surface area contributed by atoms with Crippen LogP contribution in [0.2, 0.25) is 0 Å². The summed E-state index contributed by atoms with van der Waals surface area (Å²) in [4.78, 5) is 22.1. The molecule has 1 aromatic heterocycles. The molecule has 17 heavy (non-hydrogen) atoms. The summed E-state index contributed by atoms with van der Waals surface area (Å²) in [5.41, 5.74) is 0.369. The highest BCUT2D eigenvalue weighted by atomic mass is 16.5. The van der Waals surface area contributed by atoms with Crippen molar-refractivity contribution in [3.63, 3.8) is 0 Å². The summed E-state index contributed by atoms with van der Waals surface area (Å²) in [7, 11) is 1.33. The molecule has 5 nitrogen and oxygen atoms in total. The highest BCUT2D eigenvalue weighted by Gasteiger charge is 2.10. The van der Waals surface area contributed by atoms with E-state index in [1.807, 2.05) is 0 Å². The molecule has 1 aromatic carbocycles. The van der Waals surface area contributed by atoms with E-state index in [1.165, 1.54) is 25.3 Å². The molecule has 0 N–H and O–H groups in total. The Morgan fingerprint density at radius 2 is 2.06 bits per heavy atom. The highest BCUT2D eigenvalue weighted by Crippen LogP contribution is 2.26. The molecule has 0 spiro atoms. The van der Waals surface area contributed by atoms with E-state index < -0.39 is 11.6 Å². The van der Waals surface area contributed by atoms with Crippen LogP contribution in [0.1, 0.15) is 15.9 Å². The van der Waals surface area contributed by atoms with Crippen LogP contribution in [0, 0.1) is 6.92 Å². The number of carboxylic acids is 1. The number of aromatic carboxylic acids is 1. The standard InChI is InChI=1S/C12H10O5/c1-6-3-11(13)17-10-5-9(16-2)8(12(14)15)4-7(6)10/h3-5H,1-2H3,(H,14,15)/p-1. The molecular formula is C12H9O5-. The van der Waals surface area contributed by atoms with Gasteiger partial charge in [-0.25, -0.2) is 4.79 Å². The van der Waals surface area contributed by atoms with Gasteiger partial charge in [0.05, 0.1) is 13.1 Å². The van der Waals surface area contributed by atoms with Crippen molar-refractivity contribution in [2.75, 3.05) is 7.11 Å². The molecule has 0 saturated carbocycles. The second-order valence-corrected chi connectivity index (χ2v) is 3.58. The molecular weight excluding hydrogens is 224 g/mol. The molecule has 0 atom stereocenters. The van der Waals surface area contributed by atoms with Crippen LogP contribution in [0.25, 0.3) is 11.0 Å². The zero-order valence-electron chi connectivity index (χ0n) is 9.27. The highest BCUT2D eigenvalue weighted by molar-refractivity contribution is 5.96. The van der Waals surface area contributed by atoms with Crippen molar-refractivity contribution in [1.82, 2.24) is 0 Å². The van der Waals surface area contributed by atoms with Gasteiger partial charge in [-0.05, 0) is 18.6 Å². The summed E-state index contributed by atoms with van der Waals surface area (Å²) in [5, 5.41) is 11.5. The second kappa shape index (κ2) is 3.93. The van der Waals surface area contributed by atoms with Crippen LogP contribution < -0.4 is 15.5 Å². The molecule has 0 saturated heterocycles. The first-order valence-electron chi connectivity index (χ1n) is 4.87. The first-order valence-corrected chi connectivity index (χ1v) is 4.87. The Balaban J connectivity index is 2.87. The van der Waals surface area contributed by atoms with Gasteiger partial charge in [-0.15, -0.1) is 0 Å². The van der Waals surface area contributed by atoms with E-state index >= 15 is 0 Å². The number of carboxylic acid groups (broad SMARTS) is 1. The zero-order valence-corrected chi connectivity index (χ0v) is 9.27. The lowest BCUT2D eigenvalue weighted by atomic mass is 10.1. The van der Waals surface area contributed by atoms with Crippen LogP contribution in [0.15, 0.2) is 27.4 Å². The first kappa shape index (κ1) is 11.2. The lowest BCUT2D eigenvalue weighted by Crippen LogP contribution is -2.23. The average molecular weight is 233 g/mol. The van der Waals surface area contributed by atoms with Crippen LogP contribution in [-0.2, 0) is 0 Å². The lowest BCUT2D eigenvalue weighted by molar-refractivity contribution is -0.255. The monoisotopic (exact) mass is 233 g/mol. The fourth-order valence-corrected chi connectivity index (χ4v) is 1.67. The largest absolute Gasteiger partial charge is 0.545 e. The Bertz CT molecular complexity index is 654. The van der Waals surface area contributed by atoms with Gasteiger partial charge in [-0.1, -0.05) is 0 Å². The number of rotatable bonds is 2. The Kier molecular flexibility index (Phi) is 2.59. The summed E-state index contributed by atoms with van der Waals surface area (Å²) in [6.07, 6.45) is 0. The van der Waals surface area contributed by atoms with Crippen LogP contribution in [-0.4, -0.2) is 13.1 Å². The molecule has 2 aromatic rings. The van der Waals surface area contributed by atoms with Crippen LogP contribution in [0.3, 0.4) is 0 Å². The predicted molar refractivity (Wildman–Crippen MR) is 58.1 cm³/mol. The number of fused-ring (bicyclic) bond motifs is 1. The molecule has 1 heterocycles. The molecule has 0 fully saturated rings. The van der Waals surface area contributed by atoms with Crippen molar-refractivity contribution in [1.29, 1.82) is 0 Å². The van der Waals surface area contributed by atoms with Gasteiger partial charge in [-0.2, -0.15) is 0 Å². The van der Waals surface area contributed by atoms with E-state index in [-0.39, 0.29) is 16.9 Å². The second-order valence-electron chi connectivity index (χ2n) is 3.58. The third kappa shape index (κ3) is 1.87. The van der Waals surface area contributed by atoms with Crippen LogP contribution in [0.5, 0.6) is 5.75 Å². The SMILES string of the molecule is COc1cc2oc(=O)cc(C)c2cc1C(=O)[O-]. The molecule has 0 bridgehead atoms. The van der Waals surface area contributed by atoms with Gasteiger partial charge in [0.1, 0.15) is 11.3 Å². The Labute approximate surface area is 96.2 Å². The van der Waals surface area contributed by atoms with E-state index in [4.69, 9.17) is 9.15 Å². The minimum atomic E-state index is -1.34. The van der Waals surface area contributed by atoms with Gasteiger partial charge in [0.25, 0.3) is 0 Å². The van der Waals surface area contributed by atoms with Gasteiger partial charge >= 0.3 is 5.63 Å². The maximum atomic E-state index is 11.2.